The van der Waals surface area contributed by atoms with Gasteiger partial charge in [0.25, 0.3) is 0 Å². The van der Waals surface area contributed by atoms with Crippen LogP contribution >= 0.6 is 0 Å². The number of alkyl halides is 3. The van der Waals surface area contributed by atoms with Gasteiger partial charge in [-0.05, 0) is 24.3 Å². The lowest BCUT2D eigenvalue weighted by atomic mass is 10.2. The Morgan fingerprint density at radius 1 is 1.11 bits per heavy atom. The van der Waals surface area contributed by atoms with Crippen molar-refractivity contribution in [2.24, 2.45) is 0 Å². The summed E-state index contributed by atoms with van der Waals surface area (Å²) in [5.74, 6) is -1.10. The molecule has 2 rings (SSSR count). The summed E-state index contributed by atoms with van der Waals surface area (Å²) in [6.45, 7) is 0. The van der Waals surface area contributed by atoms with E-state index in [-0.39, 0.29) is 17.5 Å². The molecule has 100 valence electrons. The van der Waals surface area contributed by atoms with Gasteiger partial charge in [-0.25, -0.2) is 9.37 Å². The number of anilines is 3. The van der Waals surface area contributed by atoms with Crippen molar-refractivity contribution in [2.75, 3.05) is 11.1 Å². The van der Waals surface area contributed by atoms with Crippen LogP contribution in [0.25, 0.3) is 0 Å². The standard InChI is InChI=1S/C11H8F4N4/c12-8-5-17-10(16)19-9(8)18-7-3-1-6(2-4-7)11(13,14)15/h1-5H,(H3,16,17,18,19). The van der Waals surface area contributed by atoms with E-state index in [9.17, 15) is 17.6 Å². The Labute approximate surface area is 105 Å². The number of nitrogens with two attached hydrogens (primary N) is 1. The van der Waals surface area contributed by atoms with Gasteiger partial charge in [-0.1, -0.05) is 0 Å². The highest BCUT2D eigenvalue weighted by Crippen LogP contribution is 2.30. The van der Waals surface area contributed by atoms with E-state index in [0.717, 1.165) is 18.3 Å². The topological polar surface area (TPSA) is 63.8 Å². The summed E-state index contributed by atoms with van der Waals surface area (Å²) in [6.07, 6.45) is -3.54. The first-order chi connectivity index (χ1) is 8.86. The zero-order chi connectivity index (χ0) is 14.0. The molecule has 0 bridgehead atoms. The number of nitrogens with zero attached hydrogens (tertiary/aromatic N) is 2. The van der Waals surface area contributed by atoms with Crippen LogP contribution in [0, 0.1) is 5.82 Å². The second-order valence-electron chi connectivity index (χ2n) is 3.62. The molecule has 0 aliphatic carbocycles. The molecule has 0 radical (unpaired) electrons. The highest BCUT2D eigenvalue weighted by atomic mass is 19.4. The molecule has 0 atom stereocenters. The summed E-state index contributed by atoms with van der Waals surface area (Å²) < 4.78 is 50.3. The fourth-order valence-electron chi connectivity index (χ4n) is 1.35. The molecule has 0 amide bonds. The molecule has 0 fully saturated rings. The molecular formula is C11H8F4N4. The van der Waals surface area contributed by atoms with Gasteiger partial charge < -0.3 is 11.1 Å². The van der Waals surface area contributed by atoms with Crippen LogP contribution in [0.5, 0.6) is 0 Å². The molecule has 1 aromatic heterocycles. The van der Waals surface area contributed by atoms with E-state index >= 15 is 0 Å². The second-order valence-corrected chi connectivity index (χ2v) is 3.62. The average Bonchev–Trinajstić information content (AvgIpc) is 2.33. The van der Waals surface area contributed by atoms with Gasteiger partial charge in [-0.2, -0.15) is 18.2 Å². The minimum absolute atomic E-state index is 0.143. The number of rotatable bonds is 2. The molecule has 0 aliphatic heterocycles. The summed E-state index contributed by atoms with van der Waals surface area (Å²) in [5, 5.41) is 2.52. The summed E-state index contributed by atoms with van der Waals surface area (Å²) in [7, 11) is 0. The molecule has 4 nitrogen and oxygen atoms in total. The van der Waals surface area contributed by atoms with Gasteiger partial charge in [0.1, 0.15) is 0 Å². The van der Waals surface area contributed by atoms with E-state index in [0.29, 0.717) is 0 Å². The minimum atomic E-state index is -4.41. The van der Waals surface area contributed by atoms with E-state index in [1.807, 2.05) is 0 Å². The highest BCUT2D eigenvalue weighted by molar-refractivity contribution is 5.57. The fraction of sp³-hybridized carbons (Fsp3) is 0.0909. The molecular weight excluding hydrogens is 264 g/mol. The van der Waals surface area contributed by atoms with E-state index in [2.05, 4.69) is 15.3 Å². The fourth-order valence-corrected chi connectivity index (χ4v) is 1.35. The number of hydrogen-bond donors (Lipinski definition) is 2. The smallest absolute Gasteiger partial charge is 0.368 e. The third-order valence-corrected chi connectivity index (χ3v) is 2.24. The first kappa shape index (κ1) is 13.1. The molecule has 0 unspecified atom stereocenters. The molecule has 0 saturated heterocycles. The normalized spacial score (nSPS) is 11.4. The Bertz CT molecular complexity index is 580. The predicted molar refractivity (Wildman–Crippen MR) is 61.1 cm³/mol. The molecule has 19 heavy (non-hydrogen) atoms. The lowest BCUT2D eigenvalue weighted by Gasteiger charge is -2.09. The SMILES string of the molecule is Nc1ncc(F)c(Nc2ccc(C(F)(F)F)cc2)n1. The van der Waals surface area contributed by atoms with Gasteiger partial charge in [0.2, 0.25) is 5.95 Å². The second kappa shape index (κ2) is 4.71. The molecule has 0 saturated carbocycles. The molecule has 1 heterocycles. The van der Waals surface area contributed by atoms with Crippen molar-refractivity contribution in [2.45, 2.75) is 6.18 Å². The van der Waals surface area contributed by atoms with Gasteiger partial charge in [0, 0.05) is 5.69 Å². The van der Waals surface area contributed by atoms with Gasteiger partial charge >= 0.3 is 6.18 Å². The number of aromatic nitrogens is 2. The van der Waals surface area contributed by atoms with E-state index in [1.165, 1.54) is 12.1 Å². The van der Waals surface area contributed by atoms with Crippen molar-refractivity contribution in [3.05, 3.63) is 41.8 Å². The van der Waals surface area contributed by atoms with Crippen molar-refractivity contribution >= 4 is 17.5 Å². The molecule has 8 heteroatoms. The zero-order valence-corrected chi connectivity index (χ0v) is 9.37. The van der Waals surface area contributed by atoms with Crippen LogP contribution in [0.1, 0.15) is 5.56 Å². The highest BCUT2D eigenvalue weighted by Gasteiger charge is 2.29. The molecule has 1 aromatic carbocycles. The van der Waals surface area contributed by atoms with Crippen LogP contribution in [0.15, 0.2) is 30.5 Å². The van der Waals surface area contributed by atoms with Crippen molar-refractivity contribution in [1.82, 2.24) is 9.97 Å². The molecule has 0 spiro atoms. The van der Waals surface area contributed by atoms with Crippen molar-refractivity contribution in [3.8, 4) is 0 Å². The molecule has 3 N–H and O–H groups in total. The lowest BCUT2D eigenvalue weighted by Crippen LogP contribution is -2.05. The van der Waals surface area contributed by atoms with E-state index in [1.54, 1.807) is 0 Å². The largest absolute Gasteiger partial charge is 0.416 e. The number of benzene rings is 1. The van der Waals surface area contributed by atoms with Gasteiger partial charge in [0.05, 0.1) is 11.8 Å². The van der Waals surface area contributed by atoms with Gasteiger partial charge in [-0.15, -0.1) is 0 Å². The first-order valence-electron chi connectivity index (χ1n) is 5.08. The Morgan fingerprint density at radius 3 is 2.32 bits per heavy atom. The van der Waals surface area contributed by atoms with Gasteiger partial charge in [0.15, 0.2) is 11.6 Å². The maximum atomic E-state index is 13.3. The summed E-state index contributed by atoms with van der Waals surface area (Å²) in [4.78, 5) is 7.03. The Hall–Kier alpha value is -2.38. The van der Waals surface area contributed by atoms with Crippen LogP contribution in [-0.2, 0) is 6.18 Å². The third kappa shape index (κ3) is 3.09. The van der Waals surface area contributed by atoms with Crippen LogP contribution in [0.2, 0.25) is 0 Å². The van der Waals surface area contributed by atoms with E-state index < -0.39 is 17.6 Å². The third-order valence-electron chi connectivity index (χ3n) is 2.24. The zero-order valence-electron chi connectivity index (χ0n) is 9.37. The van der Waals surface area contributed by atoms with Gasteiger partial charge in [-0.3, -0.25) is 0 Å². The maximum absolute atomic E-state index is 13.3. The lowest BCUT2D eigenvalue weighted by molar-refractivity contribution is -0.137. The minimum Gasteiger partial charge on any atom is -0.368 e. The van der Waals surface area contributed by atoms with Crippen LogP contribution in [-0.4, -0.2) is 9.97 Å². The van der Waals surface area contributed by atoms with Crippen LogP contribution in [0.3, 0.4) is 0 Å². The number of nitrogen functional groups attached to an aromatic ring is 1. The van der Waals surface area contributed by atoms with Crippen molar-refractivity contribution in [1.29, 1.82) is 0 Å². The van der Waals surface area contributed by atoms with Crippen molar-refractivity contribution in [3.63, 3.8) is 0 Å². The average molecular weight is 272 g/mol. The Morgan fingerprint density at radius 2 is 1.74 bits per heavy atom. The Kier molecular flexibility index (Phi) is 3.24. The molecule has 0 aliphatic rings. The summed E-state index contributed by atoms with van der Waals surface area (Å²) >= 11 is 0. The maximum Gasteiger partial charge on any atom is 0.416 e. The van der Waals surface area contributed by atoms with Crippen LogP contribution < -0.4 is 11.1 Å². The van der Waals surface area contributed by atoms with Crippen molar-refractivity contribution < 1.29 is 17.6 Å². The molecule has 2 aromatic rings. The number of hydrogen-bond acceptors (Lipinski definition) is 4. The quantitative estimate of drug-likeness (QED) is 0.825. The Balaban J connectivity index is 2.22. The summed E-state index contributed by atoms with van der Waals surface area (Å²) in [6, 6.07) is 4.09. The van der Waals surface area contributed by atoms with E-state index in [4.69, 9.17) is 5.73 Å². The predicted octanol–water partition coefficient (Wildman–Crippen LogP) is 2.96. The first-order valence-corrected chi connectivity index (χ1v) is 5.08. The monoisotopic (exact) mass is 272 g/mol. The summed E-state index contributed by atoms with van der Waals surface area (Å²) in [5.41, 5.74) is 4.75. The number of halogens is 4. The number of nitrogens with one attached hydrogen (secondary N) is 1. The van der Waals surface area contributed by atoms with Crippen LogP contribution in [0.4, 0.5) is 35.0 Å².